The molecule has 1 heterocycles. The zero-order chi connectivity index (χ0) is 16.5. The van der Waals surface area contributed by atoms with E-state index in [1.807, 2.05) is 12.1 Å². The Morgan fingerprint density at radius 3 is 2.74 bits per heavy atom. The molecular formula is C19H30N2O2. The predicted molar refractivity (Wildman–Crippen MR) is 94.8 cm³/mol. The highest BCUT2D eigenvalue weighted by molar-refractivity contribution is 5.95. The van der Waals surface area contributed by atoms with Gasteiger partial charge in [0.15, 0.2) is 0 Å². The van der Waals surface area contributed by atoms with Crippen molar-refractivity contribution in [1.29, 1.82) is 0 Å². The van der Waals surface area contributed by atoms with E-state index in [0.717, 1.165) is 37.8 Å². The number of amides is 1. The standard InChI is InChI=1S/C19H30N2O2/c1-2-3-4-5-6-7-9-15-11-12-16(14-18(15)22)21-19(23)17-10-8-13-20-17/h11-12,14,17,20,22H,2-10,13H2,1H3,(H,21,23). The molecule has 1 saturated heterocycles. The number of rotatable bonds is 9. The number of phenols is 1. The molecule has 2 rings (SSSR count). The van der Waals surface area contributed by atoms with E-state index in [1.54, 1.807) is 6.07 Å². The minimum absolute atomic E-state index is 0.00873. The van der Waals surface area contributed by atoms with Crippen LogP contribution in [0.3, 0.4) is 0 Å². The highest BCUT2D eigenvalue weighted by Crippen LogP contribution is 2.24. The van der Waals surface area contributed by atoms with Gasteiger partial charge in [-0.05, 0) is 43.9 Å². The first-order chi connectivity index (χ1) is 11.2. The summed E-state index contributed by atoms with van der Waals surface area (Å²) in [5.74, 6) is 0.279. The Balaban J connectivity index is 1.77. The van der Waals surface area contributed by atoms with E-state index in [2.05, 4.69) is 17.6 Å². The van der Waals surface area contributed by atoms with Crippen molar-refractivity contribution in [1.82, 2.24) is 5.32 Å². The van der Waals surface area contributed by atoms with Crippen molar-refractivity contribution in [3.63, 3.8) is 0 Å². The molecule has 4 heteroatoms. The lowest BCUT2D eigenvalue weighted by Crippen LogP contribution is -2.35. The lowest BCUT2D eigenvalue weighted by atomic mass is 10.0. The maximum absolute atomic E-state index is 12.1. The first-order valence-corrected chi connectivity index (χ1v) is 9.07. The summed E-state index contributed by atoms with van der Waals surface area (Å²) in [6.45, 7) is 3.13. The van der Waals surface area contributed by atoms with Gasteiger partial charge in [0.05, 0.1) is 6.04 Å². The van der Waals surface area contributed by atoms with Gasteiger partial charge in [0.25, 0.3) is 0 Å². The monoisotopic (exact) mass is 318 g/mol. The van der Waals surface area contributed by atoms with Crippen molar-refractivity contribution in [3.8, 4) is 5.75 Å². The largest absolute Gasteiger partial charge is 0.508 e. The molecular weight excluding hydrogens is 288 g/mol. The molecule has 0 saturated carbocycles. The fraction of sp³-hybridized carbons (Fsp3) is 0.632. The molecule has 1 atom stereocenters. The zero-order valence-corrected chi connectivity index (χ0v) is 14.2. The van der Waals surface area contributed by atoms with Crippen molar-refractivity contribution in [2.45, 2.75) is 70.8 Å². The van der Waals surface area contributed by atoms with Gasteiger partial charge in [0, 0.05) is 11.8 Å². The van der Waals surface area contributed by atoms with Gasteiger partial charge in [0.1, 0.15) is 5.75 Å². The number of unbranched alkanes of at least 4 members (excludes halogenated alkanes) is 5. The van der Waals surface area contributed by atoms with E-state index in [0.29, 0.717) is 5.69 Å². The smallest absolute Gasteiger partial charge is 0.241 e. The van der Waals surface area contributed by atoms with Crippen LogP contribution in [0.2, 0.25) is 0 Å². The molecule has 0 aliphatic carbocycles. The summed E-state index contributed by atoms with van der Waals surface area (Å²) in [5, 5.41) is 16.2. The van der Waals surface area contributed by atoms with Gasteiger partial charge in [-0.3, -0.25) is 4.79 Å². The molecule has 0 radical (unpaired) electrons. The molecule has 0 aromatic heterocycles. The first-order valence-electron chi connectivity index (χ1n) is 9.07. The Hall–Kier alpha value is -1.55. The number of aromatic hydroxyl groups is 1. The van der Waals surface area contributed by atoms with E-state index < -0.39 is 0 Å². The van der Waals surface area contributed by atoms with E-state index >= 15 is 0 Å². The Labute approximate surface area is 139 Å². The summed E-state index contributed by atoms with van der Waals surface area (Å²) in [7, 11) is 0. The molecule has 4 nitrogen and oxygen atoms in total. The molecule has 1 aromatic rings. The van der Waals surface area contributed by atoms with E-state index in [4.69, 9.17) is 0 Å². The van der Waals surface area contributed by atoms with Crippen LogP contribution in [0.25, 0.3) is 0 Å². The number of nitrogens with one attached hydrogen (secondary N) is 2. The van der Waals surface area contributed by atoms with E-state index in [9.17, 15) is 9.90 Å². The maximum atomic E-state index is 12.1. The molecule has 1 aliphatic rings. The minimum Gasteiger partial charge on any atom is -0.508 e. The molecule has 0 bridgehead atoms. The number of hydrogen-bond donors (Lipinski definition) is 3. The average Bonchev–Trinajstić information content (AvgIpc) is 3.07. The summed E-state index contributed by atoms with van der Waals surface area (Å²) in [4.78, 5) is 12.1. The van der Waals surface area contributed by atoms with Crippen molar-refractivity contribution in [2.24, 2.45) is 0 Å². The predicted octanol–water partition coefficient (Wildman–Crippen LogP) is 3.99. The van der Waals surface area contributed by atoms with Crippen molar-refractivity contribution in [2.75, 3.05) is 11.9 Å². The molecule has 3 N–H and O–H groups in total. The third-order valence-corrected chi connectivity index (χ3v) is 4.53. The topological polar surface area (TPSA) is 61.4 Å². The van der Waals surface area contributed by atoms with Crippen molar-refractivity contribution >= 4 is 11.6 Å². The number of anilines is 1. The van der Waals surface area contributed by atoms with Crippen LogP contribution in [0.5, 0.6) is 5.75 Å². The van der Waals surface area contributed by atoms with Crippen LogP contribution in [-0.2, 0) is 11.2 Å². The van der Waals surface area contributed by atoms with Crippen LogP contribution < -0.4 is 10.6 Å². The first kappa shape index (κ1) is 17.8. The molecule has 1 fully saturated rings. The Kier molecular flexibility index (Phi) is 7.40. The fourth-order valence-electron chi connectivity index (χ4n) is 3.09. The average molecular weight is 318 g/mol. The highest BCUT2D eigenvalue weighted by Gasteiger charge is 2.21. The Bertz CT molecular complexity index is 496. The van der Waals surface area contributed by atoms with E-state index in [-0.39, 0.29) is 17.7 Å². The summed E-state index contributed by atoms with van der Waals surface area (Å²) >= 11 is 0. The van der Waals surface area contributed by atoms with Gasteiger partial charge in [-0.1, -0.05) is 45.1 Å². The SMILES string of the molecule is CCCCCCCCc1ccc(NC(=O)C2CCCN2)cc1O. The van der Waals surface area contributed by atoms with Crippen LogP contribution in [-0.4, -0.2) is 23.6 Å². The number of benzene rings is 1. The molecule has 1 unspecified atom stereocenters. The van der Waals surface area contributed by atoms with Gasteiger partial charge < -0.3 is 15.7 Å². The second kappa shape index (κ2) is 9.56. The maximum Gasteiger partial charge on any atom is 0.241 e. The molecule has 128 valence electrons. The lowest BCUT2D eigenvalue weighted by molar-refractivity contribution is -0.117. The van der Waals surface area contributed by atoms with Crippen LogP contribution in [0.1, 0.15) is 63.9 Å². The van der Waals surface area contributed by atoms with Gasteiger partial charge in [-0.2, -0.15) is 0 Å². The second-order valence-electron chi connectivity index (χ2n) is 6.50. The molecule has 1 aromatic carbocycles. The summed E-state index contributed by atoms with van der Waals surface area (Å²) in [6, 6.07) is 5.39. The molecule has 1 aliphatic heterocycles. The number of carbonyl (C=O) groups excluding carboxylic acids is 1. The van der Waals surface area contributed by atoms with Gasteiger partial charge in [0.2, 0.25) is 5.91 Å². The van der Waals surface area contributed by atoms with Crippen molar-refractivity contribution < 1.29 is 9.90 Å². The van der Waals surface area contributed by atoms with Crippen LogP contribution in [0.4, 0.5) is 5.69 Å². The Morgan fingerprint density at radius 2 is 2.04 bits per heavy atom. The molecule has 0 spiro atoms. The van der Waals surface area contributed by atoms with Gasteiger partial charge in [-0.25, -0.2) is 0 Å². The Morgan fingerprint density at radius 1 is 1.26 bits per heavy atom. The van der Waals surface area contributed by atoms with Crippen LogP contribution >= 0.6 is 0 Å². The summed E-state index contributed by atoms with van der Waals surface area (Å²) < 4.78 is 0. The van der Waals surface area contributed by atoms with Crippen molar-refractivity contribution in [3.05, 3.63) is 23.8 Å². The van der Waals surface area contributed by atoms with Gasteiger partial charge >= 0.3 is 0 Å². The normalized spacial score (nSPS) is 17.3. The second-order valence-corrected chi connectivity index (χ2v) is 6.50. The molecule has 1 amide bonds. The summed E-state index contributed by atoms with van der Waals surface area (Å²) in [5.41, 5.74) is 1.64. The van der Waals surface area contributed by atoms with Crippen LogP contribution in [0.15, 0.2) is 18.2 Å². The number of hydrogen-bond acceptors (Lipinski definition) is 3. The third-order valence-electron chi connectivity index (χ3n) is 4.53. The minimum atomic E-state index is -0.0973. The number of phenolic OH excluding ortho intramolecular Hbond substituents is 1. The van der Waals surface area contributed by atoms with E-state index in [1.165, 1.54) is 32.1 Å². The molecule has 23 heavy (non-hydrogen) atoms. The van der Waals surface area contributed by atoms with Gasteiger partial charge in [-0.15, -0.1) is 0 Å². The number of carbonyl (C=O) groups is 1. The summed E-state index contributed by atoms with van der Waals surface area (Å²) in [6.07, 6.45) is 10.3. The third kappa shape index (κ3) is 5.87. The lowest BCUT2D eigenvalue weighted by Gasteiger charge is -2.12. The number of aryl methyl sites for hydroxylation is 1. The highest BCUT2D eigenvalue weighted by atomic mass is 16.3. The fourth-order valence-corrected chi connectivity index (χ4v) is 3.09. The van der Waals surface area contributed by atoms with Crippen LogP contribution in [0, 0.1) is 0 Å². The zero-order valence-electron chi connectivity index (χ0n) is 14.2. The quantitative estimate of drug-likeness (QED) is 0.603.